The third-order valence-electron chi connectivity index (χ3n) is 2.43. The van der Waals surface area contributed by atoms with Crippen LogP contribution >= 0.6 is 12.4 Å². The molecule has 2 rings (SSSR count). The van der Waals surface area contributed by atoms with E-state index in [0.717, 1.165) is 16.5 Å². The second-order valence-corrected chi connectivity index (χ2v) is 3.51. The molecule has 0 saturated heterocycles. The fraction of sp³-hybridized carbons (Fsp3) is 0.182. The number of aromatic amines is 1. The smallest absolute Gasteiger partial charge is 0.320 e. The molecule has 5 heteroatoms. The van der Waals surface area contributed by atoms with Crippen molar-refractivity contribution < 1.29 is 9.90 Å². The number of nitrogens with two attached hydrogens (primary N) is 1. The van der Waals surface area contributed by atoms with Crippen LogP contribution in [0.5, 0.6) is 0 Å². The zero-order valence-corrected chi connectivity index (χ0v) is 9.33. The van der Waals surface area contributed by atoms with Crippen molar-refractivity contribution in [3.05, 3.63) is 36.0 Å². The number of carboxylic acids is 1. The number of fused-ring (bicyclic) bond motifs is 1. The van der Waals surface area contributed by atoms with Crippen molar-refractivity contribution in [1.82, 2.24) is 4.98 Å². The van der Waals surface area contributed by atoms with E-state index in [1.807, 2.05) is 30.5 Å². The average Bonchev–Trinajstić information content (AvgIpc) is 2.62. The lowest BCUT2D eigenvalue weighted by molar-refractivity contribution is -0.138. The lowest BCUT2D eigenvalue weighted by Crippen LogP contribution is -2.32. The summed E-state index contributed by atoms with van der Waals surface area (Å²) in [5.74, 6) is -0.972. The molecule has 4 N–H and O–H groups in total. The predicted molar refractivity (Wildman–Crippen MR) is 64.9 cm³/mol. The van der Waals surface area contributed by atoms with Crippen molar-refractivity contribution in [3.8, 4) is 0 Å². The van der Waals surface area contributed by atoms with Crippen molar-refractivity contribution in [2.75, 3.05) is 0 Å². The van der Waals surface area contributed by atoms with Gasteiger partial charge in [0.05, 0.1) is 0 Å². The summed E-state index contributed by atoms with van der Waals surface area (Å²) < 4.78 is 0. The molecule has 4 nitrogen and oxygen atoms in total. The Morgan fingerprint density at radius 1 is 1.44 bits per heavy atom. The molecule has 1 aromatic carbocycles. The zero-order chi connectivity index (χ0) is 10.8. The van der Waals surface area contributed by atoms with Gasteiger partial charge in [0.1, 0.15) is 6.04 Å². The van der Waals surface area contributed by atoms with Gasteiger partial charge in [-0.2, -0.15) is 0 Å². The number of carboxylic acid groups (broad SMARTS) is 1. The molecule has 1 atom stereocenters. The Labute approximate surface area is 98.9 Å². The van der Waals surface area contributed by atoms with Gasteiger partial charge in [0.2, 0.25) is 0 Å². The third kappa shape index (κ3) is 2.35. The Balaban J connectivity index is 0.00000128. The number of hydrogen-bond acceptors (Lipinski definition) is 2. The minimum Gasteiger partial charge on any atom is -0.480 e. The van der Waals surface area contributed by atoms with Crippen LogP contribution in [0.3, 0.4) is 0 Å². The first-order valence-corrected chi connectivity index (χ1v) is 4.72. The highest BCUT2D eigenvalue weighted by molar-refractivity contribution is 5.85. The maximum Gasteiger partial charge on any atom is 0.320 e. The van der Waals surface area contributed by atoms with Crippen molar-refractivity contribution >= 4 is 29.3 Å². The Morgan fingerprint density at radius 2 is 2.12 bits per heavy atom. The molecule has 1 aromatic heterocycles. The normalized spacial score (nSPS) is 12.1. The maximum atomic E-state index is 10.6. The van der Waals surface area contributed by atoms with Crippen LogP contribution in [0.15, 0.2) is 30.5 Å². The monoisotopic (exact) mass is 240 g/mol. The molecular weight excluding hydrogens is 228 g/mol. The largest absolute Gasteiger partial charge is 0.480 e. The molecule has 0 aliphatic heterocycles. The molecule has 2 aromatic rings. The summed E-state index contributed by atoms with van der Waals surface area (Å²) in [5.41, 5.74) is 7.43. The molecule has 0 spiro atoms. The van der Waals surface area contributed by atoms with Crippen LogP contribution in [0.25, 0.3) is 10.9 Å². The number of rotatable bonds is 3. The van der Waals surface area contributed by atoms with Crippen molar-refractivity contribution in [3.63, 3.8) is 0 Å². The van der Waals surface area contributed by atoms with Crippen molar-refractivity contribution in [2.24, 2.45) is 5.73 Å². The number of carbonyl (C=O) groups is 1. The van der Waals surface area contributed by atoms with E-state index in [1.165, 1.54) is 0 Å². The Hall–Kier alpha value is -1.52. The molecular formula is C11H13ClN2O2. The summed E-state index contributed by atoms with van der Waals surface area (Å²) in [4.78, 5) is 13.7. The fourth-order valence-electron chi connectivity index (χ4n) is 1.62. The number of H-pyrrole nitrogens is 1. The van der Waals surface area contributed by atoms with Crippen LogP contribution in [0.4, 0.5) is 0 Å². The highest BCUT2D eigenvalue weighted by Gasteiger charge is 2.14. The Bertz CT molecular complexity index is 495. The highest BCUT2D eigenvalue weighted by Crippen LogP contribution is 2.18. The SMILES string of the molecule is Cl.NC(Cc1c[nH]c2ccccc12)C(=O)O. The van der Waals surface area contributed by atoms with E-state index in [9.17, 15) is 4.79 Å². The Morgan fingerprint density at radius 3 is 2.81 bits per heavy atom. The molecule has 0 amide bonds. The molecule has 0 saturated carbocycles. The van der Waals surface area contributed by atoms with Gasteiger partial charge in [0.25, 0.3) is 0 Å². The zero-order valence-electron chi connectivity index (χ0n) is 8.51. The molecule has 0 aliphatic rings. The van der Waals surface area contributed by atoms with Gasteiger partial charge in [-0.25, -0.2) is 0 Å². The number of benzene rings is 1. The quantitative estimate of drug-likeness (QED) is 0.762. The Kier molecular flexibility index (Phi) is 3.93. The van der Waals surface area contributed by atoms with Gasteiger partial charge in [0, 0.05) is 23.5 Å². The number of aromatic nitrogens is 1. The van der Waals surface area contributed by atoms with Crippen LogP contribution in [0.2, 0.25) is 0 Å². The van der Waals surface area contributed by atoms with Gasteiger partial charge in [-0.3, -0.25) is 4.79 Å². The van der Waals surface area contributed by atoms with Gasteiger partial charge in [0.15, 0.2) is 0 Å². The van der Waals surface area contributed by atoms with Gasteiger partial charge in [-0.1, -0.05) is 18.2 Å². The lowest BCUT2D eigenvalue weighted by atomic mass is 10.1. The van der Waals surface area contributed by atoms with Crippen LogP contribution in [0, 0.1) is 0 Å². The second-order valence-electron chi connectivity index (χ2n) is 3.51. The maximum absolute atomic E-state index is 10.6. The first-order valence-electron chi connectivity index (χ1n) is 4.72. The lowest BCUT2D eigenvalue weighted by Gasteiger charge is -2.04. The van der Waals surface area contributed by atoms with Crippen LogP contribution in [-0.4, -0.2) is 22.1 Å². The second kappa shape index (κ2) is 5.01. The molecule has 0 fully saturated rings. The van der Waals surface area contributed by atoms with Crippen molar-refractivity contribution in [2.45, 2.75) is 12.5 Å². The van der Waals surface area contributed by atoms with Crippen molar-refractivity contribution in [1.29, 1.82) is 0 Å². The van der Waals surface area contributed by atoms with Crippen LogP contribution in [0.1, 0.15) is 5.56 Å². The highest BCUT2D eigenvalue weighted by atomic mass is 35.5. The van der Waals surface area contributed by atoms with Gasteiger partial charge in [-0.05, 0) is 11.6 Å². The molecule has 16 heavy (non-hydrogen) atoms. The number of aliphatic carboxylic acids is 1. The van der Waals surface area contributed by atoms with Crippen LogP contribution in [-0.2, 0) is 11.2 Å². The summed E-state index contributed by atoms with van der Waals surface area (Å²) >= 11 is 0. The van der Waals surface area contributed by atoms with E-state index >= 15 is 0 Å². The van der Waals surface area contributed by atoms with Gasteiger partial charge >= 0.3 is 5.97 Å². The third-order valence-corrected chi connectivity index (χ3v) is 2.43. The summed E-state index contributed by atoms with van der Waals surface area (Å²) in [6, 6.07) is 6.91. The number of halogens is 1. The molecule has 86 valence electrons. The van der Waals surface area contributed by atoms with E-state index in [-0.39, 0.29) is 12.4 Å². The van der Waals surface area contributed by atoms with E-state index < -0.39 is 12.0 Å². The summed E-state index contributed by atoms with van der Waals surface area (Å²) in [6.07, 6.45) is 2.16. The van der Waals surface area contributed by atoms with E-state index in [0.29, 0.717) is 6.42 Å². The predicted octanol–water partition coefficient (Wildman–Crippen LogP) is 1.54. The fourth-order valence-corrected chi connectivity index (χ4v) is 1.62. The van der Waals surface area contributed by atoms with E-state index in [2.05, 4.69) is 4.98 Å². The standard InChI is InChI=1S/C11H12N2O2.ClH/c12-9(11(14)15)5-7-6-13-10-4-2-1-3-8(7)10;/h1-4,6,9,13H,5,12H2,(H,14,15);1H. The molecule has 1 unspecified atom stereocenters. The number of hydrogen-bond donors (Lipinski definition) is 3. The minimum atomic E-state index is -0.972. The van der Waals surface area contributed by atoms with E-state index in [1.54, 1.807) is 0 Å². The van der Waals surface area contributed by atoms with E-state index in [4.69, 9.17) is 10.8 Å². The summed E-state index contributed by atoms with van der Waals surface area (Å²) in [5, 5.41) is 9.75. The average molecular weight is 241 g/mol. The molecule has 1 heterocycles. The summed E-state index contributed by atoms with van der Waals surface area (Å²) in [6.45, 7) is 0. The van der Waals surface area contributed by atoms with Crippen LogP contribution < -0.4 is 5.73 Å². The first-order chi connectivity index (χ1) is 7.18. The molecule has 0 radical (unpaired) electrons. The number of nitrogens with one attached hydrogen (secondary N) is 1. The summed E-state index contributed by atoms with van der Waals surface area (Å²) in [7, 11) is 0. The topological polar surface area (TPSA) is 79.1 Å². The van der Waals surface area contributed by atoms with Gasteiger partial charge in [-0.15, -0.1) is 12.4 Å². The minimum absolute atomic E-state index is 0. The first kappa shape index (κ1) is 12.5. The van der Waals surface area contributed by atoms with Gasteiger partial charge < -0.3 is 15.8 Å². The molecule has 0 bridgehead atoms. The molecule has 0 aliphatic carbocycles. The number of para-hydroxylation sites is 1.